The molecule has 1 heterocycles. The summed E-state index contributed by atoms with van der Waals surface area (Å²) in [6.45, 7) is 1.51. The highest BCUT2D eigenvalue weighted by Crippen LogP contribution is 2.17. The minimum atomic E-state index is -0.317. The summed E-state index contributed by atoms with van der Waals surface area (Å²) in [5.41, 5.74) is 1.63. The number of hydrogen-bond donors (Lipinski definition) is 2. The van der Waals surface area contributed by atoms with Gasteiger partial charge in [-0.1, -0.05) is 6.07 Å². The molecule has 0 bridgehead atoms. The zero-order valence-electron chi connectivity index (χ0n) is 13.3. The molecule has 1 amide bonds. The lowest BCUT2D eigenvalue weighted by Gasteiger charge is -2.10. The number of rotatable bonds is 7. The van der Waals surface area contributed by atoms with Crippen LogP contribution in [0.2, 0.25) is 0 Å². The lowest BCUT2D eigenvalue weighted by Crippen LogP contribution is -2.27. The lowest BCUT2D eigenvalue weighted by atomic mass is 10.2. The minimum absolute atomic E-state index is 0.216. The first kappa shape index (κ1) is 16.9. The molecular formula is C17H21FN4O. The van der Waals surface area contributed by atoms with E-state index in [1.54, 1.807) is 30.5 Å². The van der Waals surface area contributed by atoms with E-state index in [2.05, 4.69) is 20.5 Å². The van der Waals surface area contributed by atoms with Gasteiger partial charge >= 0.3 is 0 Å². The molecule has 0 radical (unpaired) electrons. The number of carbonyl (C=O) groups is 1. The van der Waals surface area contributed by atoms with Gasteiger partial charge in [0, 0.05) is 24.1 Å². The number of halogens is 1. The maximum absolute atomic E-state index is 13.2. The second kappa shape index (κ2) is 8.24. The molecule has 1 aromatic carbocycles. The van der Waals surface area contributed by atoms with E-state index in [0.717, 1.165) is 13.0 Å². The van der Waals surface area contributed by atoms with Crippen molar-refractivity contribution in [1.82, 2.24) is 15.2 Å². The largest absolute Gasteiger partial charge is 0.355 e. The van der Waals surface area contributed by atoms with Gasteiger partial charge < -0.3 is 15.5 Å². The van der Waals surface area contributed by atoms with Crippen LogP contribution in [-0.4, -0.2) is 43.0 Å². The monoisotopic (exact) mass is 316 g/mol. The molecule has 5 nitrogen and oxygen atoms in total. The summed E-state index contributed by atoms with van der Waals surface area (Å²) in [6, 6.07) is 9.52. The lowest BCUT2D eigenvalue weighted by molar-refractivity contribution is 0.0947. The van der Waals surface area contributed by atoms with Gasteiger partial charge in [-0.25, -0.2) is 4.39 Å². The van der Waals surface area contributed by atoms with E-state index in [9.17, 15) is 9.18 Å². The Hall–Kier alpha value is -2.47. The predicted molar refractivity (Wildman–Crippen MR) is 89.4 cm³/mol. The molecule has 0 unspecified atom stereocenters. The van der Waals surface area contributed by atoms with Crippen molar-refractivity contribution < 1.29 is 9.18 Å². The summed E-state index contributed by atoms with van der Waals surface area (Å²) in [4.78, 5) is 18.2. The van der Waals surface area contributed by atoms with Crippen molar-refractivity contribution in [3.05, 3.63) is 54.1 Å². The van der Waals surface area contributed by atoms with Gasteiger partial charge in [-0.2, -0.15) is 0 Å². The molecule has 0 aliphatic carbocycles. The van der Waals surface area contributed by atoms with E-state index in [-0.39, 0.29) is 11.7 Å². The van der Waals surface area contributed by atoms with Crippen LogP contribution >= 0.6 is 0 Å². The van der Waals surface area contributed by atoms with Crippen molar-refractivity contribution >= 4 is 17.3 Å². The first-order valence-corrected chi connectivity index (χ1v) is 7.46. The first-order valence-electron chi connectivity index (χ1n) is 7.46. The Balaban J connectivity index is 1.95. The number of nitrogens with zero attached hydrogens (tertiary/aromatic N) is 2. The average molecular weight is 316 g/mol. The smallest absolute Gasteiger partial charge is 0.269 e. The highest BCUT2D eigenvalue weighted by Gasteiger charge is 2.07. The van der Waals surface area contributed by atoms with Crippen LogP contribution in [-0.2, 0) is 0 Å². The van der Waals surface area contributed by atoms with E-state index in [1.807, 2.05) is 14.1 Å². The maximum atomic E-state index is 13.2. The quantitative estimate of drug-likeness (QED) is 0.771. The highest BCUT2D eigenvalue weighted by atomic mass is 19.1. The van der Waals surface area contributed by atoms with Gasteiger partial charge in [-0.15, -0.1) is 0 Å². The molecule has 0 aliphatic rings. The van der Waals surface area contributed by atoms with Gasteiger partial charge in [0.15, 0.2) is 0 Å². The molecule has 23 heavy (non-hydrogen) atoms. The SMILES string of the molecule is CN(C)CCCNC(=O)c1cc(Nc2cccc(F)c2)ccn1. The number of hydrogen-bond acceptors (Lipinski definition) is 4. The number of pyridine rings is 1. The molecule has 0 saturated heterocycles. The van der Waals surface area contributed by atoms with Crippen molar-refractivity contribution in [2.45, 2.75) is 6.42 Å². The van der Waals surface area contributed by atoms with Crippen LogP contribution in [0, 0.1) is 5.82 Å². The highest BCUT2D eigenvalue weighted by molar-refractivity contribution is 5.93. The van der Waals surface area contributed by atoms with E-state index in [4.69, 9.17) is 0 Å². The van der Waals surface area contributed by atoms with Crippen LogP contribution in [0.5, 0.6) is 0 Å². The van der Waals surface area contributed by atoms with Crippen LogP contribution < -0.4 is 10.6 Å². The maximum Gasteiger partial charge on any atom is 0.269 e. The fraction of sp³-hybridized carbons (Fsp3) is 0.294. The standard InChI is InChI=1S/C17H21FN4O/c1-22(2)10-4-8-20-17(23)16-12-15(7-9-19-16)21-14-6-3-5-13(18)11-14/h3,5-7,9,11-12H,4,8,10H2,1-2H3,(H,19,21)(H,20,23). The van der Waals surface area contributed by atoms with Gasteiger partial charge in [0.05, 0.1) is 0 Å². The predicted octanol–water partition coefficient (Wildman–Crippen LogP) is 2.65. The number of benzene rings is 1. The van der Waals surface area contributed by atoms with Gasteiger partial charge in [0.2, 0.25) is 0 Å². The molecule has 6 heteroatoms. The number of nitrogens with one attached hydrogen (secondary N) is 2. The number of amides is 1. The second-order valence-electron chi connectivity index (χ2n) is 5.48. The Morgan fingerprint density at radius 3 is 2.74 bits per heavy atom. The third-order valence-corrected chi connectivity index (χ3v) is 3.17. The zero-order valence-corrected chi connectivity index (χ0v) is 13.3. The van der Waals surface area contributed by atoms with Gasteiger partial charge in [0.25, 0.3) is 5.91 Å². The second-order valence-corrected chi connectivity index (χ2v) is 5.48. The Kier molecular flexibility index (Phi) is 6.05. The molecule has 0 spiro atoms. The normalized spacial score (nSPS) is 10.6. The van der Waals surface area contributed by atoms with Crippen molar-refractivity contribution in [2.24, 2.45) is 0 Å². The number of carbonyl (C=O) groups excluding carboxylic acids is 1. The van der Waals surface area contributed by atoms with Crippen LogP contribution in [0.25, 0.3) is 0 Å². The number of aromatic nitrogens is 1. The van der Waals surface area contributed by atoms with Gasteiger partial charge in [0.1, 0.15) is 11.5 Å². The Labute approximate surface area is 135 Å². The molecule has 0 atom stereocenters. The topological polar surface area (TPSA) is 57.3 Å². The van der Waals surface area contributed by atoms with Gasteiger partial charge in [-0.3, -0.25) is 9.78 Å². The first-order chi connectivity index (χ1) is 11.0. The Morgan fingerprint density at radius 1 is 1.22 bits per heavy atom. The van der Waals surface area contributed by atoms with Crippen LogP contribution in [0.15, 0.2) is 42.6 Å². The summed E-state index contributed by atoms with van der Waals surface area (Å²) in [6.07, 6.45) is 2.43. The third-order valence-electron chi connectivity index (χ3n) is 3.17. The van der Waals surface area contributed by atoms with Crippen LogP contribution in [0.1, 0.15) is 16.9 Å². The molecular weight excluding hydrogens is 295 g/mol. The van der Waals surface area contributed by atoms with E-state index in [0.29, 0.717) is 23.6 Å². The van der Waals surface area contributed by atoms with Crippen molar-refractivity contribution in [3.63, 3.8) is 0 Å². The molecule has 122 valence electrons. The summed E-state index contributed by atoms with van der Waals surface area (Å²) in [5, 5.41) is 5.89. The fourth-order valence-corrected chi connectivity index (χ4v) is 2.05. The average Bonchev–Trinajstić information content (AvgIpc) is 2.51. The van der Waals surface area contributed by atoms with Crippen LogP contribution in [0.3, 0.4) is 0 Å². The van der Waals surface area contributed by atoms with Crippen LogP contribution in [0.4, 0.5) is 15.8 Å². The minimum Gasteiger partial charge on any atom is -0.355 e. The van der Waals surface area contributed by atoms with E-state index in [1.165, 1.54) is 12.1 Å². The Bertz CT molecular complexity index is 661. The summed E-state index contributed by atoms with van der Waals surface area (Å²) >= 11 is 0. The van der Waals surface area contributed by atoms with Crippen molar-refractivity contribution in [3.8, 4) is 0 Å². The molecule has 2 N–H and O–H groups in total. The molecule has 0 aliphatic heterocycles. The summed E-state index contributed by atoms with van der Waals surface area (Å²) in [7, 11) is 3.98. The molecule has 1 aromatic heterocycles. The van der Waals surface area contributed by atoms with E-state index >= 15 is 0 Å². The van der Waals surface area contributed by atoms with Crippen molar-refractivity contribution in [2.75, 3.05) is 32.5 Å². The molecule has 0 saturated carbocycles. The molecule has 2 aromatic rings. The molecule has 0 fully saturated rings. The molecule has 2 rings (SSSR count). The Morgan fingerprint density at radius 2 is 2.00 bits per heavy atom. The van der Waals surface area contributed by atoms with Crippen molar-refractivity contribution in [1.29, 1.82) is 0 Å². The fourth-order valence-electron chi connectivity index (χ4n) is 2.05. The number of anilines is 2. The summed E-state index contributed by atoms with van der Waals surface area (Å²) < 4.78 is 13.2. The summed E-state index contributed by atoms with van der Waals surface area (Å²) in [5.74, 6) is -0.533. The zero-order chi connectivity index (χ0) is 16.7. The third kappa shape index (κ3) is 5.67. The van der Waals surface area contributed by atoms with E-state index < -0.39 is 0 Å². The van der Waals surface area contributed by atoms with Gasteiger partial charge in [-0.05, 0) is 57.4 Å².